The minimum Gasteiger partial charge on any atom is -0.490 e. The molecule has 9 nitrogen and oxygen atoms in total. The van der Waals surface area contributed by atoms with Crippen molar-refractivity contribution in [3.63, 3.8) is 0 Å². The molecular weight excluding hydrogens is 546 g/mol. The number of furan rings is 1. The molecule has 12 heteroatoms. The fourth-order valence-corrected chi connectivity index (χ4v) is 4.32. The van der Waals surface area contributed by atoms with E-state index in [0.29, 0.717) is 33.8 Å². The lowest BCUT2D eigenvalue weighted by Gasteiger charge is -2.14. The zero-order valence-corrected chi connectivity index (χ0v) is 21.3. The van der Waals surface area contributed by atoms with E-state index in [1.807, 2.05) is 0 Å². The van der Waals surface area contributed by atoms with Crippen LogP contribution in [0.15, 0.2) is 74.6 Å². The van der Waals surface area contributed by atoms with Crippen molar-refractivity contribution in [3.8, 4) is 5.75 Å². The highest BCUT2D eigenvalue weighted by Gasteiger charge is 2.16. The van der Waals surface area contributed by atoms with E-state index >= 15 is 0 Å². The van der Waals surface area contributed by atoms with E-state index in [4.69, 9.17) is 26.1 Å². The van der Waals surface area contributed by atoms with Gasteiger partial charge < -0.3 is 19.2 Å². The predicted molar refractivity (Wildman–Crippen MR) is 134 cm³/mol. The number of hydrogen-bond acceptors (Lipinski definition) is 7. The van der Waals surface area contributed by atoms with Crippen LogP contribution in [0, 0.1) is 0 Å². The first kappa shape index (κ1) is 25.8. The fraction of sp³-hybridized carbons (Fsp3) is 0.182. The third-order valence-electron chi connectivity index (χ3n) is 4.40. The number of hydrogen-bond donors (Lipinski definition) is 3. The largest absolute Gasteiger partial charge is 0.490 e. The first-order chi connectivity index (χ1) is 16.3. The molecule has 1 aromatic heterocycles. The molecule has 3 rings (SSSR count). The molecule has 0 aliphatic heterocycles. The summed E-state index contributed by atoms with van der Waals surface area (Å²) in [7, 11) is -2.17. The number of methoxy groups -OCH3 is 1. The van der Waals surface area contributed by atoms with Crippen molar-refractivity contribution in [2.45, 2.75) is 11.4 Å². The second-order valence-electron chi connectivity index (χ2n) is 6.82. The number of rotatable bonds is 10. The Bertz CT molecular complexity index is 1230. The van der Waals surface area contributed by atoms with Gasteiger partial charge in [0.25, 0.3) is 5.91 Å². The Morgan fingerprint density at radius 3 is 2.56 bits per heavy atom. The van der Waals surface area contributed by atoms with Crippen LogP contribution in [0.5, 0.6) is 5.75 Å². The lowest BCUT2D eigenvalue weighted by molar-refractivity contribution is 0.0969. The van der Waals surface area contributed by atoms with Gasteiger partial charge >= 0.3 is 0 Å². The molecule has 1 amide bonds. The van der Waals surface area contributed by atoms with Crippen molar-refractivity contribution in [1.82, 2.24) is 10.0 Å². The Morgan fingerprint density at radius 2 is 1.88 bits per heavy atom. The Kier molecular flexibility index (Phi) is 9.19. The van der Waals surface area contributed by atoms with E-state index in [1.54, 1.807) is 37.4 Å². The number of sulfonamides is 1. The van der Waals surface area contributed by atoms with Gasteiger partial charge in [-0.15, -0.1) is 0 Å². The Balaban J connectivity index is 1.60. The molecule has 0 bridgehead atoms. The van der Waals surface area contributed by atoms with Gasteiger partial charge in [-0.2, -0.15) is 0 Å². The van der Waals surface area contributed by atoms with Gasteiger partial charge in [0, 0.05) is 17.3 Å². The van der Waals surface area contributed by atoms with Crippen LogP contribution in [0.2, 0.25) is 0 Å². The highest BCUT2D eigenvalue weighted by atomic mass is 79.9. The number of carbonyl (C=O) groups excluding carboxylic acids is 1. The minimum absolute atomic E-state index is 0.0399. The van der Waals surface area contributed by atoms with Gasteiger partial charge in [-0.25, -0.2) is 13.1 Å². The van der Waals surface area contributed by atoms with Gasteiger partial charge in [0.15, 0.2) is 5.11 Å². The Morgan fingerprint density at radius 1 is 1.12 bits per heavy atom. The van der Waals surface area contributed by atoms with Gasteiger partial charge in [-0.1, -0.05) is 15.9 Å². The van der Waals surface area contributed by atoms with Crippen LogP contribution in [0.25, 0.3) is 0 Å². The number of nitrogens with one attached hydrogen (secondary N) is 3. The van der Waals surface area contributed by atoms with Crippen molar-refractivity contribution in [1.29, 1.82) is 0 Å². The van der Waals surface area contributed by atoms with E-state index in [1.165, 1.54) is 30.5 Å². The Labute approximate surface area is 211 Å². The van der Waals surface area contributed by atoms with Crippen LogP contribution < -0.4 is 20.1 Å². The summed E-state index contributed by atoms with van der Waals surface area (Å²) in [5.74, 6) is 0.422. The van der Waals surface area contributed by atoms with Crippen molar-refractivity contribution >= 4 is 54.9 Å². The molecule has 0 aliphatic rings. The second kappa shape index (κ2) is 12.1. The average molecular weight is 568 g/mol. The third kappa shape index (κ3) is 7.37. The van der Waals surface area contributed by atoms with Gasteiger partial charge in [-0.05, 0) is 66.8 Å². The zero-order chi connectivity index (χ0) is 24.6. The van der Waals surface area contributed by atoms with E-state index in [2.05, 4.69) is 31.3 Å². The fourth-order valence-electron chi connectivity index (χ4n) is 2.75. The van der Waals surface area contributed by atoms with Gasteiger partial charge in [-0.3, -0.25) is 10.1 Å². The number of amides is 1. The summed E-state index contributed by atoms with van der Waals surface area (Å²) in [6.07, 6.45) is 1.47. The smallest absolute Gasteiger partial charge is 0.261 e. The van der Waals surface area contributed by atoms with Crippen LogP contribution in [0.3, 0.4) is 0 Å². The first-order valence-corrected chi connectivity index (χ1v) is 12.6. The van der Waals surface area contributed by atoms with Crippen LogP contribution in [0.4, 0.5) is 5.69 Å². The molecule has 0 unspecified atom stereocenters. The van der Waals surface area contributed by atoms with E-state index in [-0.39, 0.29) is 23.2 Å². The van der Waals surface area contributed by atoms with Crippen LogP contribution in [-0.4, -0.2) is 39.8 Å². The van der Waals surface area contributed by atoms with E-state index in [9.17, 15) is 13.2 Å². The number of carbonyl (C=O) groups is 1. The van der Waals surface area contributed by atoms with Crippen LogP contribution in [0.1, 0.15) is 16.1 Å². The zero-order valence-electron chi connectivity index (χ0n) is 18.0. The first-order valence-electron chi connectivity index (χ1n) is 9.94. The molecule has 0 atom stereocenters. The quantitative estimate of drug-likeness (QED) is 0.251. The molecule has 2 aromatic carbocycles. The minimum atomic E-state index is -3.72. The number of ether oxygens (including phenoxy) is 2. The van der Waals surface area contributed by atoms with Gasteiger partial charge in [0.2, 0.25) is 10.0 Å². The molecular formula is C22H22BrN3O6S2. The summed E-state index contributed by atoms with van der Waals surface area (Å²) in [6, 6.07) is 14.3. The summed E-state index contributed by atoms with van der Waals surface area (Å²) >= 11 is 8.57. The molecule has 3 N–H and O–H groups in total. The molecule has 0 radical (unpaired) electrons. The molecule has 0 saturated heterocycles. The Hall–Kier alpha value is -2.77. The number of benzene rings is 2. The van der Waals surface area contributed by atoms with E-state index in [0.717, 1.165) is 0 Å². The monoisotopic (exact) mass is 567 g/mol. The summed E-state index contributed by atoms with van der Waals surface area (Å²) < 4.78 is 43.7. The summed E-state index contributed by atoms with van der Waals surface area (Å²) in [4.78, 5) is 12.8. The predicted octanol–water partition coefficient (Wildman–Crippen LogP) is 3.67. The normalized spacial score (nSPS) is 11.1. The number of anilines is 1. The molecule has 0 fully saturated rings. The SMILES string of the molecule is COCCOc1ccc(Br)cc1C(=O)NC(=S)Nc1ccc(S(=O)(=O)NCc2ccco2)cc1. The van der Waals surface area contributed by atoms with Gasteiger partial charge in [0.1, 0.15) is 18.1 Å². The molecule has 0 spiro atoms. The summed E-state index contributed by atoms with van der Waals surface area (Å²) in [5, 5.41) is 5.49. The van der Waals surface area contributed by atoms with Crippen LogP contribution >= 0.6 is 28.1 Å². The summed E-state index contributed by atoms with van der Waals surface area (Å²) in [5.41, 5.74) is 0.791. The van der Waals surface area contributed by atoms with Gasteiger partial charge in [0.05, 0.1) is 29.9 Å². The lowest BCUT2D eigenvalue weighted by Crippen LogP contribution is -2.34. The van der Waals surface area contributed by atoms with Crippen molar-refractivity contribution in [2.24, 2.45) is 0 Å². The molecule has 3 aromatic rings. The molecule has 180 valence electrons. The molecule has 0 saturated carbocycles. The standard InChI is InChI=1S/C22H22BrN3O6S2/c1-30-11-12-32-20-9-4-15(23)13-19(20)21(27)26-22(33)25-16-5-7-18(8-6-16)34(28,29)24-14-17-3-2-10-31-17/h2-10,13,24H,11-12,14H2,1H3,(H2,25,26,27,33). The molecule has 0 aliphatic carbocycles. The van der Waals surface area contributed by atoms with Crippen LogP contribution in [-0.2, 0) is 21.3 Å². The van der Waals surface area contributed by atoms with Crippen molar-refractivity contribution in [2.75, 3.05) is 25.6 Å². The maximum absolute atomic E-state index is 12.7. The number of halogens is 1. The van der Waals surface area contributed by atoms with Crippen molar-refractivity contribution in [3.05, 3.63) is 76.7 Å². The summed E-state index contributed by atoms with van der Waals surface area (Å²) in [6.45, 7) is 0.701. The van der Waals surface area contributed by atoms with E-state index < -0.39 is 15.9 Å². The van der Waals surface area contributed by atoms with Crippen molar-refractivity contribution < 1.29 is 27.1 Å². The third-order valence-corrected chi connectivity index (χ3v) is 6.51. The maximum atomic E-state index is 12.7. The maximum Gasteiger partial charge on any atom is 0.261 e. The highest BCUT2D eigenvalue weighted by molar-refractivity contribution is 9.10. The lowest BCUT2D eigenvalue weighted by atomic mass is 10.2. The molecule has 1 heterocycles. The molecule has 34 heavy (non-hydrogen) atoms. The highest BCUT2D eigenvalue weighted by Crippen LogP contribution is 2.23. The average Bonchev–Trinajstić information content (AvgIpc) is 3.33. The topological polar surface area (TPSA) is 119 Å². The second-order valence-corrected chi connectivity index (χ2v) is 9.91. The number of thiocarbonyl (C=S) groups is 1.